The Labute approximate surface area is 218 Å². The van der Waals surface area contributed by atoms with Crippen molar-refractivity contribution in [1.29, 1.82) is 0 Å². The number of hydrogen-bond donors (Lipinski definition) is 0. The highest BCUT2D eigenvalue weighted by atomic mass is 127. The van der Waals surface area contributed by atoms with E-state index in [9.17, 15) is 0 Å². The van der Waals surface area contributed by atoms with E-state index < -0.39 is 0 Å². The summed E-state index contributed by atoms with van der Waals surface area (Å²) >= 11 is 3.83. The summed E-state index contributed by atoms with van der Waals surface area (Å²) in [4.78, 5) is 3.89. The van der Waals surface area contributed by atoms with E-state index in [2.05, 4.69) is 90.9 Å². The SMILES string of the molecule is CCCCN1/C(=C/C(=C/c2sc3ccccc3[n+]2CCCC)CC)Sc2ccccc21.[I-]. The highest BCUT2D eigenvalue weighted by molar-refractivity contribution is 8.03. The summed E-state index contributed by atoms with van der Waals surface area (Å²) in [5.41, 5.74) is 4.12. The average Bonchev–Trinajstić information content (AvgIpc) is 3.32. The molecule has 2 aromatic carbocycles. The second-order valence-corrected chi connectivity index (χ2v) is 10.2. The van der Waals surface area contributed by atoms with Gasteiger partial charge in [0.25, 0.3) is 5.01 Å². The van der Waals surface area contributed by atoms with E-state index in [-0.39, 0.29) is 24.0 Å². The third-order valence-corrected chi connectivity index (χ3v) is 7.99. The molecule has 1 aliphatic rings. The van der Waals surface area contributed by atoms with Crippen LogP contribution in [-0.4, -0.2) is 6.54 Å². The Morgan fingerprint density at radius 2 is 1.72 bits per heavy atom. The van der Waals surface area contributed by atoms with E-state index in [1.54, 1.807) is 0 Å². The average molecular weight is 577 g/mol. The van der Waals surface area contributed by atoms with Gasteiger partial charge in [-0.1, -0.05) is 81.0 Å². The molecule has 0 spiro atoms. The van der Waals surface area contributed by atoms with Crippen molar-refractivity contribution in [3.05, 3.63) is 70.2 Å². The second-order valence-electron chi connectivity index (χ2n) is 8.04. The number of thioether (sulfide) groups is 1. The van der Waals surface area contributed by atoms with Crippen LogP contribution in [0.1, 0.15) is 57.9 Å². The zero-order chi connectivity index (χ0) is 21.6. The number of rotatable bonds is 9. The fourth-order valence-electron chi connectivity index (χ4n) is 3.98. The smallest absolute Gasteiger partial charge is 0.263 e. The molecule has 0 atom stereocenters. The number of nitrogens with zero attached hydrogens (tertiary/aromatic N) is 2. The molecule has 32 heavy (non-hydrogen) atoms. The van der Waals surface area contributed by atoms with Crippen molar-refractivity contribution < 1.29 is 28.5 Å². The molecule has 0 unspecified atom stereocenters. The molecule has 0 aliphatic carbocycles. The molecule has 1 aliphatic heterocycles. The summed E-state index contributed by atoms with van der Waals surface area (Å²) in [6.45, 7) is 8.99. The van der Waals surface area contributed by atoms with Crippen molar-refractivity contribution in [2.75, 3.05) is 11.4 Å². The molecule has 0 radical (unpaired) electrons. The largest absolute Gasteiger partial charge is 1.00 e. The van der Waals surface area contributed by atoms with Gasteiger partial charge in [0.05, 0.1) is 10.7 Å². The number of aryl methyl sites for hydroxylation is 1. The Morgan fingerprint density at radius 1 is 0.969 bits per heavy atom. The van der Waals surface area contributed by atoms with Gasteiger partial charge >= 0.3 is 0 Å². The number of halogens is 1. The highest BCUT2D eigenvalue weighted by Crippen LogP contribution is 2.46. The number of benzene rings is 2. The van der Waals surface area contributed by atoms with E-state index in [1.165, 1.54) is 62.1 Å². The van der Waals surface area contributed by atoms with E-state index in [0.29, 0.717) is 0 Å². The van der Waals surface area contributed by atoms with E-state index in [1.807, 2.05) is 23.1 Å². The molecular formula is C27H33IN2S2. The Hall–Kier alpha value is -1.31. The molecule has 0 bridgehead atoms. The van der Waals surface area contributed by atoms with Crippen molar-refractivity contribution in [2.24, 2.45) is 0 Å². The number of allylic oxidation sites excluding steroid dienone is 2. The number of thiazole rings is 1. The minimum absolute atomic E-state index is 0. The molecule has 0 amide bonds. The Balaban J connectivity index is 0.00000289. The molecule has 170 valence electrons. The van der Waals surface area contributed by atoms with Crippen molar-refractivity contribution >= 4 is 45.1 Å². The summed E-state index contributed by atoms with van der Waals surface area (Å²) in [5.74, 6) is 0. The second kappa shape index (κ2) is 12.2. The predicted octanol–water partition coefficient (Wildman–Crippen LogP) is 5.04. The minimum Gasteiger partial charge on any atom is -1.00 e. The molecule has 1 aromatic heterocycles. The molecule has 2 heterocycles. The summed E-state index contributed by atoms with van der Waals surface area (Å²) in [5, 5.41) is 2.73. The quantitative estimate of drug-likeness (QED) is 0.261. The van der Waals surface area contributed by atoms with Crippen LogP contribution < -0.4 is 33.4 Å². The Morgan fingerprint density at radius 3 is 2.50 bits per heavy atom. The lowest BCUT2D eigenvalue weighted by atomic mass is 10.2. The third-order valence-electron chi connectivity index (χ3n) is 5.77. The van der Waals surface area contributed by atoms with Gasteiger partial charge in [0.15, 0.2) is 6.54 Å². The van der Waals surface area contributed by atoms with Gasteiger partial charge in [0, 0.05) is 30.0 Å². The van der Waals surface area contributed by atoms with Gasteiger partial charge in [-0.15, -0.1) is 0 Å². The van der Waals surface area contributed by atoms with E-state index in [4.69, 9.17) is 0 Å². The first-order valence-electron chi connectivity index (χ1n) is 11.6. The molecule has 0 saturated carbocycles. The molecule has 0 N–H and O–H groups in total. The number of unbranched alkanes of at least 4 members (excludes halogenated alkanes) is 2. The van der Waals surface area contributed by atoms with Crippen molar-refractivity contribution in [3.63, 3.8) is 0 Å². The number of hydrogen-bond acceptors (Lipinski definition) is 3. The first-order chi connectivity index (χ1) is 15.2. The van der Waals surface area contributed by atoms with Crippen LogP contribution in [0.4, 0.5) is 5.69 Å². The number of fused-ring (bicyclic) bond motifs is 2. The maximum Gasteiger partial charge on any atom is 0.263 e. The lowest BCUT2D eigenvalue weighted by Crippen LogP contribution is -3.00. The minimum atomic E-state index is 0. The van der Waals surface area contributed by atoms with Crippen molar-refractivity contribution in [2.45, 2.75) is 64.3 Å². The zero-order valence-electron chi connectivity index (χ0n) is 19.3. The van der Waals surface area contributed by atoms with Crippen molar-refractivity contribution in [3.8, 4) is 0 Å². The number of anilines is 1. The van der Waals surface area contributed by atoms with Crippen LogP contribution >= 0.6 is 23.1 Å². The summed E-state index contributed by atoms with van der Waals surface area (Å²) in [6, 6.07) is 17.6. The molecule has 0 saturated heterocycles. The van der Waals surface area contributed by atoms with Gasteiger partial charge in [-0.2, -0.15) is 4.57 Å². The molecule has 4 rings (SSSR count). The molecule has 5 heteroatoms. The van der Waals surface area contributed by atoms with Crippen LogP contribution in [0.5, 0.6) is 0 Å². The third kappa shape index (κ3) is 5.60. The summed E-state index contributed by atoms with van der Waals surface area (Å²) in [6.07, 6.45) is 10.7. The first-order valence-corrected chi connectivity index (χ1v) is 13.3. The monoisotopic (exact) mass is 576 g/mol. The van der Waals surface area contributed by atoms with Crippen LogP contribution in [0.2, 0.25) is 0 Å². The molecule has 2 nitrogen and oxygen atoms in total. The molecular weight excluding hydrogens is 543 g/mol. The number of aromatic nitrogens is 1. The van der Waals surface area contributed by atoms with Gasteiger partial charge in [0.1, 0.15) is 4.70 Å². The van der Waals surface area contributed by atoms with Crippen LogP contribution in [0, 0.1) is 0 Å². The van der Waals surface area contributed by atoms with Gasteiger partial charge in [0.2, 0.25) is 5.52 Å². The van der Waals surface area contributed by atoms with Gasteiger partial charge < -0.3 is 28.9 Å². The summed E-state index contributed by atoms with van der Waals surface area (Å²) < 4.78 is 3.89. The van der Waals surface area contributed by atoms with Crippen LogP contribution in [0.15, 0.2) is 70.1 Å². The fraction of sp³-hybridized carbons (Fsp3) is 0.370. The predicted molar refractivity (Wildman–Crippen MR) is 138 cm³/mol. The van der Waals surface area contributed by atoms with Crippen LogP contribution in [-0.2, 0) is 6.54 Å². The van der Waals surface area contributed by atoms with Gasteiger partial charge in [-0.25, -0.2) is 0 Å². The van der Waals surface area contributed by atoms with Crippen molar-refractivity contribution in [1.82, 2.24) is 0 Å². The van der Waals surface area contributed by atoms with Crippen LogP contribution in [0.3, 0.4) is 0 Å². The normalized spacial score (nSPS) is 14.8. The van der Waals surface area contributed by atoms with E-state index in [0.717, 1.165) is 19.5 Å². The maximum atomic E-state index is 2.52. The lowest BCUT2D eigenvalue weighted by molar-refractivity contribution is -0.669. The van der Waals surface area contributed by atoms with Gasteiger partial charge in [-0.05, 0) is 42.7 Å². The lowest BCUT2D eigenvalue weighted by Gasteiger charge is -2.20. The molecule has 0 fully saturated rings. The Bertz CT molecular complexity index is 1100. The standard InChI is InChI=1S/C27H33N2S2.HI/c1-4-7-17-28-22-13-9-11-15-24(22)30-26(28)19-21(6-3)20-27-29(18-8-5-2)23-14-10-12-16-25(23)31-27;/h9-16,19-20H,4-8,17-18H2,1-3H3;1H/q+1;/p-1. The topological polar surface area (TPSA) is 7.12 Å². The number of para-hydroxylation sites is 2. The first kappa shape index (κ1) is 25.3. The Kier molecular flexibility index (Phi) is 9.68. The zero-order valence-corrected chi connectivity index (χ0v) is 23.1. The fourth-order valence-corrected chi connectivity index (χ4v) is 6.31. The molecule has 3 aromatic rings. The van der Waals surface area contributed by atoms with E-state index >= 15 is 0 Å². The van der Waals surface area contributed by atoms with Gasteiger partial charge in [-0.3, -0.25) is 0 Å². The maximum absolute atomic E-state index is 2.52. The highest BCUT2D eigenvalue weighted by Gasteiger charge is 2.25. The van der Waals surface area contributed by atoms with Crippen LogP contribution in [0.25, 0.3) is 16.3 Å². The summed E-state index contributed by atoms with van der Waals surface area (Å²) in [7, 11) is 0.